The predicted molar refractivity (Wildman–Crippen MR) is 101 cm³/mol. The molecule has 0 aliphatic carbocycles. The zero-order chi connectivity index (χ0) is 17.8. The summed E-state index contributed by atoms with van der Waals surface area (Å²) in [6.07, 6.45) is 2.06. The number of rotatable bonds is 6. The summed E-state index contributed by atoms with van der Waals surface area (Å²) in [5.41, 5.74) is 2.84. The van der Waals surface area contributed by atoms with Gasteiger partial charge < -0.3 is 4.57 Å². The number of halogens is 1. The summed E-state index contributed by atoms with van der Waals surface area (Å²) in [4.78, 5) is 12.4. The van der Waals surface area contributed by atoms with Crippen molar-refractivity contribution >= 4 is 29.1 Å². The molecule has 0 spiro atoms. The van der Waals surface area contributed by atoms with Gasteiger partial charge in [-0.15, -0.1) is 10.2 Å². The molecule has 2 aromatic carbocycles. The second kappa shape index (κ2) is 7.85. The number of carbonyl (C=O) groups is 1. The first-order valence-electron chi connectivity index (χ1n) is 7.91. The van der Waals surface area contributed by atoms with E-state index in [2.05, 4.69) is 29.3 Å². The van der Waals surface area contributed by atoms with Crippen molar-refractivity contribution in [2.75, 3.05) is 0 Å². The van der Waals surface area contributed by atoms with E-state index in [-0.39, 0.29) is 11.0 Å². The Hall–Kier alpha value is -2.11. The zero-order valence-electron chi connectivity index (χ0n) is 14.0. The van der Waals surface area contributed by atoms with E-state index in [1.165, 1.54) is 0 Å². The van der Waals surface area contributed by atoms with Gasteiger partial charge in [0.1, 0.15) is 6.33 Å². The Kier molecular flexibility index (Phi) is 5.56. The van der Waals surface area contributed by atoms with Crippen molar-refractivity contribution in [3.63, 3.8) is 0 Å². The standard InChI is InChI=1S/C19H18ClN3OS/c1-13(25-19-22-21-12-23(19)2)16-5-3-4-14(10-16)11-18(24)15-6-8-17(20)9-7-15/h3-10,12-13H,11H2,1-2H3. The minimum Gasteiger partial charge on any atom is -0.312 e. The van der Waals surface area contributed by atoms with Crippen molar-refractivity contribution in [3.05, 3.63) is 76.6 Å². The van der Waals surface area contributed by atoms with Crippen LogP contribution in [0.15, 0.2) is 60.0 Å². The first kappa shape index (κ1) is 17.7. The minimum absolute atomic E-state index is 0.0856. The van der Waals surface area contributed by atoms with Gasteiger partial charge in [0.15, 0.2) is 10.9 Å². The summed E-state index contributed by atoms with van der Waals surface area (Å²) >= 11 is 7.52. The van der Waals surface area contributed by atoms with Crippen LogP contribution in [0.25, 0.3) is 0 Å². The molecule has 0 aliphatic heterocycles. The lowest BCUT2D eigenvalue weighted by molar-refractivity contribution is 0.0993. The lowest BCUT2D eigenvalue weighted by Gasteiger charge is -2.12. The Balaban J connectivity index is 1.71. The van der Waals surface area contributed by atoms with Crippen LogP contribution in [-0.4, -0.2) is 20.5 Å². The number of thioether (sulfide) groups is 1. The fourth-order valence-corrected chi connectivity index (χ4v) is 3.52. The van der Waals surface area contributed by atoms with Gasteiger partial charge in [-0.1, -0.05) is 47.6 Å². The van der Waals surface area contributed by atoms with Gasteiger partial charge in [0.25, 0.3) is 0 Å². The molecule has 0 aliphatic rings. The molecule has 0 radical (unpaired) electrons. The number of ketones is 1. The zero-order valence-corrected chi connectivity index (χ0v) is 15.6. The fraction of sp³-hybridized carbons (Fsp3) is 0.211. The van der Waals surface area contributed by atoms with E-state index in [0.717, 1.165) is 16.3 Å². The molecule has 1 heterocycles. The largest absolute Gasteiger partial charge is 0.312 e. The van der Waals surface area contributed by atoms with Gasteiger partial charge in [-0.05, 0) is 42.3 Å². The van der Waals surface area contributed by atoms with Gasteiger partial charge in [-0.25, -0.2) is 0 Å². The van der Waals surface area contributed by atoms with Crippen molar-refractivity contribution < 1.29 is 4.79 Å². The van der Waals surface area contributed by atoms with E-state index in [0.29, 0.717) is 17.0 Å². The number of benzene rings is 2. The Labute approximate surface area is 156 Å². The average molecular weight is 372 g/mol. The number of Topliss-reactive ketones (excluding diaryl/α,β-unsaturated/α-hetero) is 1. The minimum atomic E-state index is 0.0856. The van der Waals surface area contributed by atoms with Crippen molar-refractivity contribution in [2.24, 2.45) is 7.05 Å². The highest BCUT2D eigenvalue weighted by Crippen LogP contribution is 2.33. The molecule has 0 fully saturated rings. The van der Waals surface area contributed by atoms with E-state index in [1.807, 2.05) is 23.7 Å². The number of hydrogen-bond acceptors (Lipinski definition) is 4. The molecule has 4 nitrogen and oxygen atoms in total. The number of aryl methyl sites for hydroxylation is 1. The molecule has 6 heteroatoms. The maximum Gasteiger partial charge on any atom is 0.191 e. The van der Waals surface area contributed by atoms with Crippen LogP contribution in [0, 0.1) is 0 Å². The predicted octanol–water partition coefficient (Wildman–Crippen LogP) is 4.75. The topological polar surface area (TPSA) is 47.8 Å². The van der Waals surface area contributed by atoms with Crippen LogP contribution in [-0.2, 0) is 13.5 Å². The molecule has 3 rings (SSSR count). The Morgan fingerprint density at radius 3 is 2.68 bits per heavy atom. The molecule has 1 aromatic heterocycles. The molecule has 0 bridgehead atoms. The average Bonchev–Trinajstić information content (AvgIpc) is 3.00. The fourth-order valence-electron chi connectivity index (χ4n) is 2.48. The van der Waals surface area contributed by atoms with Gasteiger partial charge in [-0.3, -0.25) is 4.79 Å². The summed E-state index contributed by atoms with van der Waals surface area (Å²) in [7, 11) is 1.93. The van der Waals surface area contributed by atoms with Crippen LogP contribution in [0.3, 0.4) is 0 Å². The van der Waals surface area contributed by atoms with Crippen LogP contribution >= 0.6 is 23.4 Å². The number of aromatic nitrogens is 3. The number of hydrogen-bond donors (Lipinski definition) is 0. The van der Waals surface area contributed by atoms with Crippen LogP contribution < -0.4 is 0 Å². The molecule has 0 saturated heterocycles. The first-order valence-corrected chi connectivity index (χ1v) is 9.17. The maximum absolute atomic E-state index is 12.4. The smallest absolute Gasteiger partial charge is 0.191 e. The van der Waals surface area contributed by atoms with Crippen LogP contribution in [0.4, 0.5) is 0 Å². The molecule has 3 aromatic rings. The number of carbonyl (C=O) groups excluding carboxylic acids is 1. The van der Waals surface area contributed by atoms with Gasteiger partial charge in [0.05, 0.1) is 0 Å². The third kappa shape index (κ3) is 4.50. The van der Waals surface area contributed by atoms with Crippen molar-refractivity contribution in [1.29, 1.82) is 0 Å². The molecular weight excluding hydrogens is 354 g/mol. The highest BCUT2D eigenvalue weighted by Gasteiger charge is 2.13. The quantitative estimate of drug-likeness (QED) is 0.463. The van der Waals surface area contributed by atoms with E-state index in [9.17, 15) is 4.79 Å². The normalized spacial score (nSPS) is 12.1. The third-order valence-electron chi connectivity index (χ3n) is 3.90. The van der Waals surface area contributed by atoms with Crippen molar-refractivity contribution in [2.45, 2.75) is 23.8 Å². The summed E-state index contributed by atoms with van der Waals surface area (Å²) in [5.74, 6) is 0.0856. The van der Waals surface area contributed by atoms with Crippen LogP contribution in [0.1, 0.15) is 33.7 Å². The van der Waals surface area contributed by atoms with Gasteiger partial charge in [0, 0.05) is 29.3 Å². The van der Waals surface area contributed by atoms with Gasteiger partial charge in [0.2, 0.25) is 0 Å². The summed E-state index contributed by atoms with van der Waals surface area (Å²) in [6, 6.07) is 15.1. The molecular formula is C19H18ClN3OS. The first-order chi connectivity index (χ1) is 12.0. The van der Waals surface area contributed by atoms with Gasteiger partial charge in [-0.2, -0.15) is 0 Å². The van der Waals surface area contributed by atoms with Gasteiger partial charge >= 0.3 is 0 Å². The maximum atomic E-state index is 12.4. The SMILES string of the molecule is CC(Sc1nncn1C)c1cccc(CC(=O)c2ccc(Cl)cc2)c1. The van der Waals surface area contributed by atoms with Crippen molar-refractivity contribution in [1.82, 2.24) is 14.8 Å². The third-order valence-corrected chi connectivity index (χ3v) is 5.36. The Morgan fingerprint density at radius 1 is 1.24 bits per heavy atom. The molecule has 25 heavy (non-hydrogen) atoms. The monoisotopic (exact) mass is 371 g/mol. The molecule has 0 saturated carbocycles. The summed E-state index contributed by atoms with van der Waals surface area (Å²) < 4.78 is 1.90. The molecule has 0 N–H and O–H groups in total. The van der Waals surface area contributed by atoms with Crippen LogP contribution in [0.2, 0.25) is 5.02 Å². The summed E-state index contributed by atoms with van der Waals surface area (Å²) in [6.45, 7) is 2.12. The molecule has 0 amide bonds. The molecule has 128 valence electrons. The van der Waals surface area contributed by atoms with E-state index in [4.69, 9.17) is 11.6 Å². The second-order valence-electron chi connectivity index (χ2n) is 5.84. The van der Waals surface area contributed by atoms with E-state index >= 15 is 0 Å². The molecule has 1 unspecified atom stereocenters. The van der Waals surface area contributed by atoms with E-state index in [1.54, 1.807) is 42.4 Å². The second-order valence-corrected chi connectivity index (χ2v) is 7.58. The van der Waals surface area contributed by atoms with E-state index < -0.39 is 0 Å². The van der Waals surface area contributed by atoms with Crippen LogP contribution in [0.5, 0.6) is 0 Å². The number of nitrogens with zero attached hydrogens (tertiary/aromatic N) is 3. The Bertz CT molecular complexity index is 876. The van der Waals surface area contributed by atoms with Crippen molar-refractivity contribution in [3.8, 4) is 0 Å². The highest BCUT2D eigenvalue weighted by atomic mass is 35.5. The lowest BCUT2D eigenvalue weighted by Crippen LogP contribution is -2.04. The molecule has 1 atom stereocenters. The summed E-state index contributed by atoms with van der Waals surface area (Å²) in [5, 5.41) is 9.73. The highest BCUT2D eigenvalue weighted by molar-refractivity contribution is 7.99. The Morgan fingerprint density at radius 2 is 2.00 bits per heavy atom. The lowest BCUT2D eigenvalue weighted by atomic mass is 10.0.